The molecule has 3 rings (SSSR count). The van der Waals surface area contributed by atoms with Crippen molar-refractivity contribution in [2.75, 3.05) is 13.1 Å². The summed E-state index contributed by atoms with van der Waals surface area (Å²) < 4.78 is 6.15. The molecule has 0 amide bonds. The summed E-state index contributed by atoms with van der Waals surface area (Å²) in [5.74, 6) is 1.07. The quantitative estimate of drug-likeness (QED) is 0.837. The number of hydrogen-bond acceptors (Lipinski definition) is 2. The molecule has 2 N–H and O–H groups in total. The van der Waals surface area contributed by atoms with Crippen LogP contribution in [0.5, 0.6) is 5.75 Å². The fourth-order valence-corrected chi connectivity index (χ4v) is 3.07. The molecule has 0 aliphatic carbocycles. The van der Waals surface area contributed by atoms with Gasteiger partial charge in [0.15, 0.2) is 0 Å². The standard InChI is InChI=1S/C17H24N2O/c1-4-18-10-8-12-11-19-14-5-6-15-13(16(12)14)7-9-17(2,3)20-15/h5-6,11,18-19H,4,7-10H2,1-3H3. The molecule has 0 unspecified atom stereocenters. The van der Waals surface area contributed by atoms with Crippen molar-refractivity contribution in [2.24, 2.45) is 0 Å². The van der Waals surface area contributed by atoms with Crippen LogP contribution in [0.4, 0.5) is 0 Å². The van der Waals surface area contributed by atoms with Crippen molar-refractivity contribution in [3.05, 3.63) is 29.5 Å². The van der Waals surface area contributed by atoms with Crippen molar-refractivity contribution >= 4 is 10.9 Å². The molecule has 0 bridgehead atoms. The first kappa shape index (κ1) is 13.5. The maximum Gasteiger partial charge on any atom is 0.124 e. The molecule has 3 nitrogen and oxygen atoms in total. The molecule has 1 aliphatic heterocycles. The first-order chi connectivity index (χ1) is 9.61. The summed E-state index contributed by atoms with van der Waals surface area (Å²) in [5, 5.41) is 4.78. The lowest BCUT2D eigenvalue weighted by Crippen LogP contribution is -2.32. The van der Waals surface area contributed by atoms with Gasteiger partial charge in [-0.25, -0.2) is 0 Å². The largest absolute Gasteiger partial charge is 0.488 e. The lowest BCUT2D eigenvalue weighted by atomic mass is 9.91. The van der Waals surface area contributed by atoms with Gasteiger partial charge < -0.3 is 15.0 Å². The van der Waals surface area contributed by atoms with Crippen LogP contribution in [0.3, 0.4) is 0 Å². The summed E-state index contributed by atoms with van der Waals surface area (Å²) in [4.78, 5) is 3.40. The van der Waals surface area contributed by atoms with Gasteiger partial charge in [0, 0.05) is 22.7 Å². The summed E-state index contributed by atoms with van der Waals surface area (Å²) in [6, 6.07) is 4.26. The summed E-state index contributed by atoms with van der Waals surface area (Å²) in [5.41, 5.74) is 3.98. The van der Waals surface area contributed by atoms with Crippen molar-refractivity contribution in [3.8, 4) is 5.75 Å². The van der Waals surface area contributed by atoms with Gasteiger partial charge in [-0.3, -0.25) is 0 Å². The van der Waals surface area contributed by atoms with Gasteiger partial charge in [-0.1, -0.05) is 6.92 Å². The van der Waals surface area contributed by atoms with Crippen molar-refractivity contribution in [3.63, 3.8) is 0 Å². The topological polar surface area (TPSA) is 37.0 Å². The average molecular weight is 272 g/mol. The minimum atomic E-state index is -0.0408. The maximum absolute atomic E-state index is 6.15. The molecule has 1 aliphatic rings. The Hall–Kier alpha value is -1.48. The van der Waals surface area contributed by atoms with E-state index in [0.717, 1.165) is 38.1 Å². The summed E-state index contributed by atoms with van der Waals surface area (Å²) in [6.45, 7) is 8.54. The highest BCUT2D eigenvalue weighted by Gasteiger charge is 2.28. The highest BCUT2D eigenvalue weighted by Crippen LogP contribution is 2.38. The Morgan fingerprint density at radius 3 is 3.00 bits per heavy atom. The van der Waals surface area contributed by atoms with E-state index in [-0.39, 0.29) is 5.60 Å². The Morgan fingerprint density at radius 1 is 1.35 bits per heavy atom. The maximum atomic E-state index is 6.15. The highest BCUT2D eigenvalue weighted by atomic mass is 16.5. The molecule has 2 aromatic rings. The van der Waals surface area contributed by atoms with Crippen molar-refractivity contribution < 1.29 is 4.74 Å². The van der Waals surface area contributed by atoms with Crippen LogP contribution in [0.1, 0.15) is 38.3 Å². The van der Waals surface area contributed by atoms with E-state index in [1.165, 1.54) is 22.0 Å². The molecule has 1 aromatic heterocycles. The number of hydrogen-bond donors (Lipinski definition) is 2. The average Bonchev–Trinajstić information content (AvgIpc) is 2.81. The molecule has 1 aromatic carbocycles. The van der Waals surface area contributed by atoms with Crippen LogP contribution in [-0.4, -0.2) is 23.7 Å². The third-order valence-corrected chi connectivity index (χ3v) is 4.18. The van der Waals surface area contributed by atoms with Crippen LogP contribution in [0.2, 0.25) is 0 Å². The molecule has 0 saturated heterocycles. The van der Waals surface area contributed by atoms with E-state index >= 15 is 0 Å². The molecule has 0 saturated carbocycles. The minimum absolute atomic E-state index is 0.0408. The lowest BCUT2D eigenvalue weighted by molar-refractivity contribution is 0.0853. The SMILES string of the molecule is CCNCCc1c[nH]c2ccc3c(c12)CCC(C)(C)O3. The van der Waals surface area contributed by atoms with Gasteiger partial charge in [0.05, 0.1) is 0 Å². The predicted molar refractivity (Wildman–Crippen MR) is 83.6 cm³/mol. The van der Waals surface area contributed by atoms with E-state index in [2.05, 4.69) is 49.4 Å². The Bertz CT molecular complexity index is 613. The Labute approximate surface area is 120 Å². The van der Waals surface area contributed by atoms with Gasteiger partial charge in [-0.2, -0.15) is 0 Å². The number of aromatic amines is 1. The number of aryl methyl sites for hydroxylation is 1. The third kappa shape index (κ3) is 2.42. The number of nitrogens with one attached hydrogen (secondary N) is 2. The molecule has 108 valence electrons. The number of aromatic nitrogens is 1. The smallest absolute Gasteiger partial charge is 0.124 e. The second-order valence-electron chi connectivity index (χ2n) is 6.24. The number of benzene rings is 1. The molecule has 0 atom stereocenters. The predicted octanol–water partition coefficient (Wildman–Crippen LogP) is 3.42. The monoisotopic (exact) mass is 272 g/mol. The number of likely N-dealkylation sites (N-methyl/N-ethyl adjacent to an activating group) is 1. The molecule has 3 heteroatoms. The zero-order valence-electron chi connectivity index (χ0n) is 12.7. The molecule has 2 heterocycles. The first-order valence-electron chi connectivity index (χ1n) is 7.62. The molecular weight excluding hydrogens is 248 g/mol. The molecule has 0 fully saturated rings. The van der Waals surface area contributed by atoms with Crippen LogP contribution in [-0.2, 0) is 12.8 Å². The van der Waals surface area contributed by atoms with E-state index in [9.17, 15) is 0 Å². The zero-order valence-corrected chi connectivity index (χ0v) is 12.7. The Morgan fingerprint density at radius 2 is 2.20 bits per heavy atom. The van der Waals surface area contributed by atoms with Crippen LogP contribution in [0.15, 0.2) is 18.3 Å². The van der Waals surface area contributed by atoms with E-state index in [4.69, 9.17) is 4.74 Å². The second-order valence-corrected chi connectivity index (χ2v) is 6.24. The van der Waals surface area contributed by atoms with Crippen LogP contribution < -0.4 is 10.1 Å². The fourth-order valence-electron chi connectivity index (χ4n) is 3.07. The van der Waals surface area contributed by atoms with Crippen LogP contribution >= 0.6 is 0 Å². The number of ether oxygens (including phenoxy) is 1. The first-order valence-corrected chi connectivity index (χ1v) is 7.62. The van der Waals surface area contributed by atoms with E-state index in [1.807, 2.05) is 0 Å². The minimum Gasteiger partial charge on any atom is -0.488 e. The number of rotatable bonds is 4. The number of H-pyrrole nitrogens is 1. The van der Waals surface area contributed by atoms with Crippen LogP contribution in [0.25, 0.3) is 10.9 Å². The Kier molecular flexibility index (Phi) is 3.47. The summed E-state index contributed by atoms with van der Waals surface area (Å²) in [6.07, 6.45) is 5.40. The van der Waals surface area contributed by atoms with Gasteiger partial charge in [0.2, 0.25) is 0 Å². The Balaban J connectivity index is 1.98. The van der Waals surface area contributed by atoms with Gasteiger partial charge in [-0.15, -0.1) is 0 Å². The number of fused-ring (bicyclic) bond motifs is 3. The van der Waals surface area contributed by atoms with E-state index in [0.29, 0.717) is 0 Å². The molecule has 0 radical (unpaired) electrons. The molecule has 0 spiro atoms. The van der Waals surface area contributed by atoms with Gasteiger partial charge >= 0.3 is 0 Å². The normalized spacial score (nSPS) is 16.9. The zero-order chi connectivity index (χ0) is 14.2. The lowest BCUT2D eigenvalue weighted by Gasteiger charge is -2.33. The van der Waals surface area contributed by atoms with Gasteiger partial charge in [0.25, 0.3) is 0 Å². The van der Waals surface area contributed by atoms with Crippen molar-refractivity contribution in [1.29, 1.82) is 0 Å². The van der Waals surface area contributed by atoms with Crippen molar-refractivity contribution in [1.82, 2.24) is 10.3 Å². The fraction of sp³-hybridized carbons (Fsp3) is 0.529. The van der Waals surface area contributed by atoms with Crippen LogP contribution in [0, 0.1) is 0 Å². The highest BCUT2D eigenvalue weighted by molar-refractivity contribution is 5.89. The van der Waals surface area contributed by atoms with Crippen molar-refractivity contribution in [2.45, 2.75) is 45.6 Å². The molecule has 20 heavy (non-hydrogen) atoms. The third-order valence-electron chi connectivity index (χ3n) is 4.18. The van der Waals surface area contributed by atoms with Gasteiger partial charge in [0.1, 0.15) is 11.4 Å². The van der Waals surface area contributed by atoms with E-state index < -0.39 is 0 Å². The van der Waals surface area contributed by atoms with Gasteiger partial charge in [-0.05, 0) is 63.9 Å². The summed E-state index contributed by atoms with van der Waals surface area (Å²) in [7, 11) is 0. The second kappa shape index (κ2) is 5.13. The molecular formula is C17H24N2O. The summed E-state index contributed by atoms with van der Waals surface area (Å²) >= 11 is 0. The van der Waals surface area contributed by atoms with E-state index in [1.54, 1.807) is 0 Å².